The highest BCUT2D eigenvalue weighted by molar-refractivity contribution is 5.35. The summed E-state index contributed by atoms with van der Waals surface area (Å²) in [4.78, 5) is 0. The summed E-state index contributed by atoms with van der Waals surface area (Å²) >= 11 is 0. The largest absolute Gasteiger partial charge is 0.416 e. The number of hydrogen-bond acceptors (Lipinski definition) is 1. The Hall–Kier alpha value is -1.88. The van der Waals surface area contributed by atoms with Crippen molar-refractivity contribution in [2.24, 2.45) is 17.3 Å². The Morgan fingerprint density at radius 3 is 2.68 bits per heavy atom. The molecule has 2 aromatic carbocycles. The van der Waals surface area contributed by atoms with E-state index in [1.165, 1.54) is 23.3 Å². The summed E-state index contributed by atoms with van der Waals surface area (Å²) in [5.74, 6) is 1.61. The average molecular weight is 432 g/mol. The monoisotopic (exact) mass is 431 g/mol. The van der Waals surface area contributed by atoms with Crippen molar-refractivity contribution in [1.29, 1.82) is 0 Å². The Balaban J connectivity index is 1.30. The van der Waals surface area contributed by atoms with Crippen LogP contribution in [0.1, 0.15) is 67.2 Å². The van der Waals surface area contributed by atoms with Crippen molar-refractivity contribution in [3.8, 4) is 0 Å². The SMILES string of the molecule is C[C@]12CC[C@@H]3c4ccc(F)cc4CC[C@H]3[C@@H]1CC[C@@H]2NCc1cccc(C(F)(F)F)c1. The number of rotatable bonds is 3. The minimum Gasteiger partial charge on any atom is -0.309 e. The summed E-state index contributed by atoms with van der Waals surface area (Å²) in [7, 11) is 0. The number of alkyl halides is 3. The van der Waals surface area contributed by atoms with Gasteiger partial charge >= 0.3 is 6.18 Å². The Morgan fingerprint density at radius 2 is 1.87 bits per heavy atom. The zero-order chi connectivity index (χ0) is 21.8. The molecule has 2 fully saturated rings. The highest BCUT2D eigenvalue weighted by atomic mass is 19.4. The first-order valence-electron chi connectivity index (χ1n) is 11.4. The van der Waals surface area contributed by atoms with Gasteiger partial charge in [0, 0.05) is 12.6 Å². The number of hydrogen-bond donors (Lipinski definition) is 1. The van der Waals surface area contributed by atoms with Crippen LogP contribution < -0.4 is 5.32 Å². The zero-order valence-electron chi connectivity index (χ0n) is 17.8. The molecule has 0 radical (unpaired) electrons. The van der Waals surface area contributed by atoms with E-state index < -0.39 is 11.7 Å². The van der Waals surface area contributed by atoms with Crippen LogP contribution in [0.15, 0.2) is 42.5 Å². The van der Waals surface area contributed by atoms with Gasteiger partial charge in [-0.15, -0.1) is 0 Å². The second-order valence-corrected chi connectivity index (χ2v) is 10.0. The summed E-state index contributed by atoms with van der Waals surface area (Å²) in [6.07, 6.45) is 2.20. The molecule has 5 rings (SSSR count). The van der Waals surface area contributed by atoms with Crippen LogP contribution >= 0.6 is 0 Å². The molecular weight excluding hydrogens is 402 g/mol. The number of benzene rings is 2. The first-order chi connectivity index (χ1) is 14.8. The number of aryl methyl sites for hydroxylation is 1. The van der Waals surface area contributed by atoms with Crippen molar-refractivity contribution >= 4 is 0 Å². The first kappa shape index (κ1) is 21.0. The minimum atomic E-state index is -4.31. The van der Waals surface area contributed by atoms with E-state index in [0.717, 1.165) is 44.6 Å². The maximum atomic E-state index is 13.7. The van der Waals surface area contributed by atoms with Crippen molar-refractivity contribution in [2.45, 2.75) is 70.1 Å². The molecular formula is C26H29F4N. The van der Waals surface area contributed by atoms with Crippen molar-refractivity contribution in [3.63, 3.8) is 0 Å². The van der Waals surface area contributed by atoms with Gasteiger partial charge in [0.25, 0.3) is 0 Å². The van der Waals surface area contributed by atoms with Crippen LogP contribution in [0.4, 0.5) is 17.6 Å². The van der Waals surface area contributed by atoms with E-state index in [4.69, 9.17) is 0 Å². The molecule has 0 saturated heterocycles. The Morgan fingerprint density at radius 1 is 1.03 bits per heavy atom. The molecule has 1 N–H and O–H groups in total. The lowest BCUT2D eigenvalue weighted by atomic mass is 9.55. The molecule has 5 atom stereocenters. The van der Waals surface area contributed by atoms with E-state index in [1.54, 1.807) is 18.2 Å². The van der Waals surface area contributed by atoms with E-state index >= 15 is 0 Å². The molecule has 3 aliphatic rings. The lowest BCUT2D eigenvalue weighted by Crippen LogP contribution is -2.48. The molecule has 166 valence electrons. The summed E-state index contributed by atoms with van der Waals surface area (Å²) < 4.78 is 52.8. The van der Waals surface area contributed by atoms with Crippen LogP contribution in [0.25, 0.3) is 0 Å². The Bertz CT molecular complexity index is 968. The molecule has 3 aliphatic carbocycles. The molecule has 0 unspecified atom stereocenters. The fourth-order valence-electron chi connectivity index (χ4n) is 6.98. The summed E-state index contributed by atoms with van der Waals surface area (Å²) in [5.41, 5.74) is 2.80. The standard InChI is InChI=1S/C26H29F4N/c1-25-12-11-21-20-8-6-19(27)14-17(20)5-7-22(21)23(25)9-10-24(25)31-15-16-3-2-4-18(13-16)26(28,29)30/h2-4,6,8,13-14,21-24,31H,5,7,9-12,15H2,1H3/t21-,22-,23+,24+,25+/m1/s1. The van der Waals surface area contributed by atoms with Crippen LogP contribution in [-0.2, 0) is 19.1 Å². The average Bonchev–Trinajstić information content (AvgIpc) is 3.08. The fourth-order valence-corrected chi connectivity index (χ4v) is 6.98. The predicted octanol–water partition coefficient (Wildman–Crippen LogP) is 6.86. The molecule has 1 nitrogen and oxygen atoms in total. The first-order valence-corrected chi connectivity index (χ1v) is 11.4. The zero-order valence-corrected chi connectivity index (χ0v) is 17.8. The van der Waals surface area contributed by atoms with E-state index in [2.05, 4.69) is 12.2 Å². The lowest BCUT2D eigenvalue weighted by molar-refractivity contribution is -0.137. The van der Waals surface area contributed by atoms with Crippen LogP contribution in [0.5, 0.6) is 0 Å². The van der Waals surface area contributed by atoms with Gasteiger partial charge in [-0.1, -0.05) is 31.2 Å². The van der Waals surface area contributed by atoms with E-state index in [0.29, 0.717) is 35.9 Å². The molecule has 2 saturated carbocycles. The van der Waals surface area contributed by atoms with Gasteiger partial charge in [-0.05, 0) is 96.6 Å². The van der Waals surface area contributed by atoms with E-state index in [1.807, 2.05) is 6.07 Å². The van der Waals surface area contributed by atoms with Gasteiger partial charge in [0.05, 0.1) is 5.56 Å². The predicted molar refractivity (Wildman–Crippen MR) is 113 cm³/mol. The molecule has 2 aromatic rings. The maximum absolute atomic E-state index is 13.7. The van der Waals surface area contributed by atoms with Gasteiger partial charge in [-0.3, -0.25) is 0 Å². The second-order valence-electron chi connectivity index (χ2n) is 10.0. The molecule has 5 heteroatoms. The van der Waals surface area contributed by atoms with Crippen molar-refractivity contribution in [2.75, 3.05) is 0 Å². The molecule has 0 bridgehead atoms. The maximum Gasteiger partial charge on any atom is 0.416 e. The number of nitrogens with one attached hydrogen (secondary N) is 1. The lowest BCUT2D eigenvalue weighted by Gasteiger charge is -2.51. The Labute approximate surface area is 181 Å². The quantitative estimate of drug-likeness (QED) is 0.524. The van der Waals surface area contributed by atoms with Crippen molar-refractivity contribution in [1.82, 2.24) is 5.32 Å². The minimum absolute atomic E-state index is 0.141. The highest BCUT2D eigenvalue weighted by Gasteiger charge is 2.54. The van der Waals surface area contributed by atoms with Gasteiger partial charge in [-0.2, -0.15) is 13.2 Å². The fraction of sp³-hybridized carbons (Fsp3) is 0.538. The van der Waals surface area contributed by atoms with Gasteiger partial charge in [0.2, 0.25) is 0 Å². The summed E-state index contributed by atoms with van der Waals surface area (Å²) in [5, 5.41) is 3.62. The van der Waals surface area contributed by atoms with Crippen LogP contribution in [0, 0.1) is 23.1 Å². The third-order valence-corrected chi connectivity index (χ3v) is 8.50. The van der Waals surface area contributed by atoms with E-state index in [-0.39, 0.29) is 11.2 Å². The van der Waals surface area contributed by atoms with Crippen LogP contribution in [0.2, 0.25) is 0 Å². The van der Waals surface area contributed by atoms with Gasteiger partial charge in [0.15, 0.2) is 0 Å². The number of fused-ring (bicyclic) bond motifs is 5. The molecule has 0 spiro atoms. The van der Waals surface area contributed by atoms with Crippen molar-refractivity contribution < 1.29 is 17.6 Å². The number of halogens is 4. The van der Waals surface area contributed by atoms with Crippen molar-refractivity contribution in [3.05, 3.63) is 70.5 Å². The van der Waals surface area contributed by atoms with Crippen LogP contribution in [-0.4, -0.2) is 6.04 Å². The highest BCUT2D eigenvalue weighted by Crippen LogP contribution is 2.60. The van der Waals surface area contributed by atoms with Gasteiger partial charge in [0.1, 0.15) is 5.82 Å². The third kappa shape index (κ3) is 3.69. The summed E-state index contributed by atoms with van der Waals surface area (Å²) in [6.45, 7) is 2.85. The van der Waals surface area contributed by atoms with Gasteiger partial charge in [-0.25, -0.2) is 4.39 Å². The molecule has 0 aromatic heterocycles. The third-order valence-electron chi connectivity index (χ3n) is 8.50. The molecule has 0 amide bonds. The Kier molecular flexibility index (Phi) is 5.16. The van der Waals surface area contributed by atoms with Gasteiger partial charge < -0.3 is 5.32 Å². The molecule has 31 heavy (non-hydrogen) atoms. The smallest absolute Gasteiger partial charge is 0.309 e. The molecule has 0 aliphatic heterocycles. The summed E-state index contributed by atoms with van der Waals surface area (Å²) in [6, 6.07) is 11.3. The van der Waals surface area contributed by atoms with Crippen LogP contribution in [0.3, 0.4) is 0 Å². The van der Waals surface area contributed by atoms with E-state index in [9.17, 15) is 17.6 Å². The topological polar surface area (TPSA) is 12.0 Å². The normalized spacial score (nSPS) is 32.3. The molecule has 0 heterocycles. The second kappa shape index (κ2) is 7.61.